The molecule has 1 aliphatic rings. The van der Waals surface area contributed by atoms with Crippen LogP contribution in [0, 0.1) is 12.7 Å². The molecule has 0 radical (unpaired) electrons. The molecule has 1 atom stereocenters. The highest BCUT2D eigenvalue weighted by molar-refractivity contribution is 5.95. The number of nitrogens with zero attached hydrogens (tertiary/aromatic N) is 1. The van der Waals surface area contributed by atoms with E-state index in [1.54, 1.807) is 13.0 Å². The van der Waals surface area contributed by atoms with Crippen LogP contribution < -0.4 is 0 Å². The van der Waals surface area contributed by atoms with Gasteiger partial charge in [-0.15, -0.1) is 0 Å². The smallest absolute Gasteiger partial charge is 0.254 e. The van der Waals surface area contributed by atoms with Crippen LogP contribution in [0.25, 0.3) is 0 Å². The summed E-state index contributed by atoms with van der Waals surface area (Å²) in [6.45, 7) is 5.97. The number of halogens is 1. The minimum Gasteiger partial charge on any atom is -0.376 e. The summed E-state index contributed by atoms with van der Waals surface area (Å²) in [5.41, 5.74) is 1.27. The molecule has 1 aliphatic heterocycles. The molecule has 4 heteroatoms. The maximum Gasteiger partial charge on any atom is 0.254 e. The zero-order valence-corrected chi connectivity index (χ0v) is 12.2. The van der Waals surface area contributed by atoms with Gasteiger partial charge in [-0.2, -0.15) is 0 Å². The molecule has 1 aromatic carbocycles. The lowest BCUT2D eigenvalue weighted by atomic mass is 10.0. The van der Waals surface area contributed by atoms with Crippen LogP contribution in [0.15, 0.2) is 18.2 Å². The molecular weight excluding hydrogens is 257 g/mol. The summed E-state index contributed by atoms with van der Waals surface area (Å²) in [6.07, 6.45) is 3.09. The van der Waals surface area contributed by atoms with Crippen molar-refractivity contribution >= 4 is 5.91 Å². The van der Waals surface area contributed by atoms with Gasteiger partial charge in [-0.05, 0) is 49.9 Å². The summed E-state index contributed by atoms with van der Waals surface area (Å²) in [6, 6.07) is 4.32. The van der Waals surface area contributed by atoms with Crippen LogP contribution in [0.1, 0.15) is 42.1 Å². The molecule has 2 rings (SSSR count). The van der Waals surface area contributed by atoms with E-state index in [9.17, 15) is 9.18 Å². The summed E-state index contributed by atoms with van der Waals surface area (Å²) >= 11 is 0. The van der Waals surface area contributed by atoms with Gasteiger partial charge in [0.05, 0.1) is 6.10 Å². The fraction of sp³-hybridized carbons (Fsp3) is 0.562. The fourth-order valence-corrected chi connectivity index (χ4v) is 2.58. The van der Waals surface area contributed by atoms with Gasteiger partial charge in [0.2, 0.25) is 0 Å². The normalized spacial score (nSPS) is 19.1. The van der Waals surface area contributed by atoms with E-state index in [-0.39, 0.29) is 17.8 Å². The summed E-state index contributed by atoms with van der Waals surface area (Å²) in [4.78, 5) is 14.3. The van der Waals surface area contributed by atoms with E-state index in [4.69, 9.17) is 4.74 Å². The Balaban J connectivity index is 2.04. The molecule has 0 bridgehead atoms. The molecule has 0 spiro atoms. The third kappa shape index (κ3) is 3.57. The van der Waals surface area contributed by atoms with Gasteiger partial charge >= 0.3 is 0 Å². The molecule has 1 amide bonds. The molecule has 0 N–H and O–H groups in total. The first-order valence-electron chi connectivity index (χ1n) is 7.29. The van der Waals surface area contributed by atoms with Crippen molar-refractivity contribution in [2.24, 2.45) is 0 Å². The molecule has 1 saturated heterocycles. The first-order valence-corrected chi connectivity index (χ1v) is 7.29. The standard InChI is InChI=1S/C16H22FNO2/c1-3-9-20-14-5-4-8-18(11-14)16(19)15-7-6-13(17)10-12(15)2/h6-7,10,14H,3-5,8-9,11H2,1-2H3. The van der Waals surface area contributed by atoms with Gasteiger partial charge in [0.25, 0.3) is 5.91 Å². The van der Waals surface area contributed by atoms with E-state index in [0.717, 1.165) is 32.4 Å². The SMILES string of the molecule is CCCOC1CCCN(C(=O)c2ccc(F)cc2C)C1. The van der Waals surface area contributed by atoms with Crippen molar-refractivity contribution in [1.82, 2.24) is 4.90 Å². The molecule has 1 unspecified atom stereocenters. The van der Waals surface area contributed by atoms with Gasteiger partial charge in [0.1, 0.15) is 5.82 Å². The minimum absolute atomic E-state index is 0.0210. The van der Waals surface area contributed by atoms with Gasteiger partial charge in [0.15, 0.2) is 0 Å². The summed E-state index contributed by atoms with van der Waals surface area (Å²) in [5, 5.41) is 0. The van der Waals surface area contributed by atoms with E-state index >= 15 is 0 Å². The molecule has 1 heterocycles. The third-order valence-electron chi connectivity index (χ3n) is 3.64. The Morgan fingerprint density at radius 3 is 3.00 bits per heavy atom. The Labute approximate surface area is 119 Å². The molecule has 0 aromatic heterocycles. The summed E-state index contributed by atoms with van der Waals surface area (Å²) in [5.74, 6) is -0.325. The average Bonchev–Trinajstić information content (AvgIpc) is 2.45. The van der Waals surface area contributed by atoms with Crippen molar-refractivity contribution in [1.29, 1.82) is 0 Å². The fourth-order valence-electron chi connectivity index (χ4n) is 2.58. The number of carbonyl (C=O) groups is 1. The number of likely N-dealkylation sites (tertiary alicyclic amines) is 1. The second-order valence-electron chi connectivity index (χ2n) is 5.35. The lowest BCUT2D eigenvalue weighted by Crippen LogP contribution is -2.43. The van der Waals surface area contributed by atoms with Crippen molar-refractivity contribution in [2.45, 2.75) is 39.2 Å². The van der Waals surface area contributed by atoms with Crippen LogP contribution in [0.5, 0.6) is 0 Å². The Hall–Kier alpha value is -1.42. The number of rotatable bonds is 4. The van der Waals surface area contributed by atoms with Gasteiger partial charge in [0, 0.05) is 25.3 Å². The van der Waals surface area contributed by atoms with Crippen molar-refractivity contribution in [3.63, 3.8) is 0 Å². The summed E-state index contributed by atoms with van der Waals surface area (Å²) in [7, 11) is 0. The van der Waals surface area contributed by atoms with E-state index in [1.807, 2.05) is 4.90 Å². The second-order valence-corrected chi connectivity index (χ2v) is 5.35. The van der Waals surface area contributed by atoms with E-state index < -0.39 is 0 Å². The number of piperidine rings is 1. The number of carbonyl (C=O) groups excluding carboxylic acids is 1. The average molecular weight is 279 g/mol. The van der Waals surface area contributed by atoms with E-state index in [2.05, 4.69) is 6.92 Å². The van der Waals surface area contributed by atoms with Gasteiger partial charge in [-0.3, -0.25) is 4.79 Å². The zero-order valence-electron chi connectivity index (χ0n) is 12.2. The second kappa shape index (κ2) is 6.84. The molecule has 1 aromatic rings. The molecule has 3 nitrogen and oxygen atoms in total. The predicted octanol–water partition coefficient (Wildman–Crippen LogP) is 3.17. The largest absolute Gasteiger partial charge is 0.376 e. The molecular formula is C16H22FNO2. The summed E-state index contributed by atoms with van der Waals surface area (Å²) < 4.78 is 18.9. The number of hydrogen-bond acceptors (Lipinski definition) is 2. The van der Waals surface area contributed by atoms with Crippen LogP contribution in [-0.2, 0) is 4.74 Å². The predicted molar refractivity (Wildman–Crippen MR) is 76.3 cm³/mol. The van der Waals surface area contributed by atoms with Crippen LogP contribution in [0.2, 0.25) is 0 Å². The maximum atomic E-state index is 13.1. The van der Waals surface area contributed by atoms with Crippen molar-refractivity contribution in [3.05, 3.63) is 35.1 Å². The van der Waals surface area contributed by atoms with Gasteiger partial charge in [-0.25, -0.2) is 4.39 Å². The number of benzene rings is 1. The number of aryl methyl sites for hydroxylation is 1. The van der Waals surface area contributed by atoms with Gasteiger partial charge in [-0.1, -0.05) is 6.92 Å². The number of ether oxygens (including phenoxy) is 1. The first kappa shape index (κ1) is 15.0. The molecule has 110 valence electrons. The Morgan fingerprint density at radius 1 is 1.50 bits per heavy atom. The highest BCUT2D eigenvalue weighted by Gasteiger charge is 2.25. The zero-order chi connectivity index (χ0) is 14.5. The number of amides is 1. The van der Waals surface area contributed by atoms with Crippen molar-refractivity contribution in [3.8, 4) is 0 Å². The van der Waals surface area contributed by atoms with Crippen molar-refractivity contribution < 1.29 is 13.9 Å². The van der Waals surface area contributed by atoms with Gasteiger partial charge < -0.3 is 9.64 Å². The van der Waals surface area contributed by atoms with Crippen molar-refractivity contribution in [2.75, 3.05) is 19.7 Å². The van der Waals surface area contributed by atoms with E-state index in [0.29, 0.717) is 17.7 Å². The quantitative estimate of drug-likeness (QED) is 0.847. The van der Waals surface area contributed by atoms with Crippen LogP contribution in [-0.4, -0.2) is 36.6 Å². The van der Waals surface area contributed by atoms with Crippen LogP contribution in [0.4, 0.5) is 4.39 Å². The Bertz CT molecular complexity index is 476. The number of hydrogen-bond donors (Lipinski definition) is 0. The Morgan fingerprint density at radius 2 is 2.30 bits per heavy atom. The first-order chi connectivity index (χ1) is 9.61. The monoisotopic (exact) mass is 279 g/mol. The Kier molecular flexibility index (Phi) is 5.12. The van der Waals surface area contributed by atoms with Crippen LogP contribution in [0.3, 0.4) is 0 Å². The third-order valence-corrected chi connectivity index (χ3v) is 3.64. The molecule has 20 heavy (non-hydrogen) atoms. The molecule has 0 saturated carbocycles. The van der Waals surface area contributed by atoms with E-state index in [1.165, 1.54) is 12.1 Å². The topological polar surface area (TPSA) is 29.5 Å². The lowest BCUT2D eigenvalue weighted by molar-refractivity contribution is 0.00208. The minimum atomic E-state index is -0.304. The lowest BCUT2D eigenvalue weighted by Gasteiger charge is -2.33. The van der Waals surface area contributed by atoms with Crippen LogP contribution >= 0.6 is 0 Å². The maximum absolute atomic E-state index is 13.1. The molecule has 1 fully saturated rings. The highest BCUT2D eigenvalue weighted by Crippen LogP contribution is 2.18. The highest BCUT2D eigenvalue weighted by atomic mass is 19.1. The molecule has 0 aliphatic carbocycles.